The molecule has 9 heteroatoms. The molecular weight excluding hydrogens is 352 g/mol. The predicted octanol–water partition coefficient (Wildman–Crippen LogP) is 1.99. The van der Waals surface area contributed by atoms with Gasteiger partial charge in [-0.25, -0.2) is 9.59 Å². The number of aryl methyl sites for hydroxylation is 1. The van der Waals surface area contributed by atoms with E-state index in [4.69, 9.17) is 9.26 Å². The van der Waals surface area contributed by atoms with Crippen LogP contribution in [0.15, 0.2) is 34.9 Å². The van der Waals surface area contributed by atoms with Crippen LogP contribution in [0.2, 0.25) is 0 Å². The first-order chi connectivity index (χ1) is 12.8. The van der Waals surface area contributed by atoms with Gasteiger partial charge in [0.05, 0.1) is 5.56 Å². The molecule has 1 heterocycles. The Morgan fingerprint density at radius 1 is 1.19 bits per heavy atom. The SMILES string of the molecule is Cc1cc(NC(=O)COC(=O)c2ccc(CNC(=O)NC(C)C)cc2)no1. The van der Waals surface area contributed by atoms with E-state index in [2.05, 4.69) is 21.1 Å². The molecule has 0 unspecified atom stereocenters. The third-order valence-corrected chi connectivity index (χ3v) is 3.29. The minimum absolute atomic E-state index is 0.0488. The van der Waals surface area contributed by atoms with Gasteiger partial charge >= 0.3 is 12.0 Å². The second-order valence-electron chi connectivity index (χ2n) is 6.13. The lowest BCUT2D eigenvalue weighted by Gasteiger charge is -2.10. The highest BCUT2D eigenvalue weighted by Crippen LogP contribution is 2.08. The fourth-order valence-electron chi connectivity index (χ4n) is 2.07. The molecule has 3 amide bonds. The van der Waals surface area contributed by atoms with Crippen LogP contribution in [0.4, 0.5) is 10.6 Å². The molecule has 1 aromatic carbocycles. The zero-order valence-corrected chi connectivity index (χ0v) is 15.4. The summed E-state index contributed by atoms with van der Waals surface area (Å²) in [7, 11) is 0. The van der Waals surface area contributed by atoms with Crippen molar-refractivity contribution in [1.29, 1.82) is 0 Å². The van der Waals surface area contributed by atoms with Crippen molar-refractivity contribution in [2.24, 2.45) is 0 Å². The highest BCUT2D eigenvalue weighted by Gasteiger charge is 2.12. The number of anilines is 1. The van der Waals surface area contributed by atoms with Gasteiger partial charge < -0.3 is 25.2 Å². The van der Waals surface area contributed by atoms with E-state index in [0.717, 1.165) is 5.56 Å². The predicted molar refractivity (Wildman–Crippen MR) is 97.1 cm³/mol. The first kappa shape index (κ1) is 20.0. The summed E-state index contributed by atoms with van der Waals surface area (Å²) < 4.78 is 9.78. The Labute approximate surface area is 156 Å². The first-order valence-corrected chi connectivity index (χ1v) is 8.37. The quantitative estimate of drug-likeness (QED) is 0.637. The molecule has 1 aromatic heterocycles. The maximum atomic E-state index is 12.0. The van der Waals surface area contributed by atoms with E-state index < -0.39 is 18.5 Å². The highest BCUT2D eigenvalue weighted by atomic mass is 16.5. The Balaban J connectivity index is 1.77. The van der Waals surface area contributed by atoms with Gasteiger partial charge in [-0.1, -0.05) is 17.3 Å². The maximum absolute atomic E-state index is 12.0. The minimum Gasteiger partial charge on any atom is -0.452 e. The number of nitrogens with zero attached hydrogens (tertiary/aromatic N) is 1. The maximum Gasteiger partial charge on any atom is 0.338 e. The molecule has 144 valence electrons. The summed E-state index contributed by atoms with van der Waals surface area (Å²) >= 11 is 0. The molecule has 0 radical (unpaired) electrons. The first-order valence-electron chi connectivity index (χ1n) is 8.37. The van der Waals surface area contributed by atoms with E-state index in [0.29, 0.717) is 17.9 Å². The van der Waals surface area contributed by atoms with Gasteiger partial charge in [0, 0.05) is 18.7 Å². The van der Waals surface area contributed by atoms with Crippen molar-refractivity contribution < 1.29 is 23.6 Å². The fraction of sp³-hybridized carbons (Fsp3) is 0.333. The van der Waals surface area contributed by atoms with Crippen LogP contribution in [-0.4, -0.2) is 35.7 Å². The van der Waals surface area contributed by atoms with Gasteiger partial charge in [0.25, 0.3) is 5.91 Å². The summed E-state index contributed by atoms with van der Waals surface area (Å²) in [6, 6.07) is 7.87. The Kier molecular flexibility index (Phi) is 6.93. The number of urea groups is 1. The largest absolute Gasteiger partial charge is 0.452 e. The van der Waals surface area contributed by atoms with E-state index in [1.807, 2.05) is 13.8 Å². The molecule has 9 nitrogen and oxygen atoms in total. The summed E-state index contributed by atoms with van der Waals surface area (Å²) in [5.74, 6) is -0.336. The molecule has 2 aromatic rings. The van der Waals surface area contributed by atoms with Crippen LogP contribution in [0.5, 0.6) is 0 Å². The third kappa shape index (κ3) is 6.81. The second-order valence-corrected chi connectivity index (χ2v) is 6.13. The fourth-order valence-corrected chi connectivity index (χ4v) is 2.07. The number of amides is 3. The Hall–Kier alpha value is -3.36. The van der Waals surface area contributed by atoms with Gasteiger partial charge in [0.1, 0.15) is 5.76 Å². The summed E-state index contributed by atoms with van der Waals surface area (Å²) in [6.07, 6.45) is 0. The van der Waals surface area contributed by atoms with Crippen LogP contribution in [0.25, 0.3) is 0 Å². The van der Waals surface area contributed by atoms with E-state index in [1.54, 1.807) is 37.3 Å². The monoisotopic (exact) mass is 374 g/mol. The van der Waals surface area contributed by atoms with Crippen molar-refractivity contribution in [3.63, 3.8) is 0 Å². The lowest BCUT2D eigenvalue weighted by molar-refractivity contribution is -0.119. The number of hydrogen-bond donors (Lipinski definition) is 3. The molecule has 0 aliphatic carbocycles. The van der Waals surface area contributed by atoms with Crippen LogP contribution in [0.1, 0.15) is 35.5 Å². The summed E-state index contributed by atoms with van der Waals surface area (Å²) in [5, 5.41) is 11.5. The molecule has 0 aliphatic heterocycles. The van der Waals surface area contributed by atoms with Crippen LogP contribution in [0.3, 0.4) is 0 Å². The molecule has 0 aliphatic rings. The van der Waals surface area contributed by atoms with Gasteiger partial charge in [-0.05, 0) is 38.5 Å². The summed E-state index contributed by atoms with van der Waals surface area (Å²) in [6.45, 7) is 5.31. The van der Waals surface area contributed by atoms with Crippen molar-refractivity contribution in [2.45, 2.75) is 33.4 Å². The molecular formula is C18H22N4O5. The summed E-state index contributed by atoms with van der Waals surface area (Å²) in [4.78, 5) is 35.2. The van der Waals surface area contributed by atoms with Gasteiger partial charge in [0.2, 0.25) is 0 Å². The second kappa shape index (κ2) is 9.37. The molecule has 0 atom stereocenters. The summed E-state index contributed by atoms with van der Waals surface area (Å²) in [5.41, 5.74) is 1.13. The Bertz CT molecular complexity index is 798. The highest BCUT2D eigenvalue weighted by molar-refractivity contribution is 5.95. The number of rotatable bonds is 7. The normalized spacial score (nSPS) is 10.4. The van der Waals surface area contributed by atoms with E-state index in [9.17, 15) is 14.4 Å². The molecule has 2 rings (SSSR count). The Morgan fingerprint density at radius 2 is 1.89 bits per heavy atom. The van der Waals surface area contributed by atoms with Gasteiger partial charge in [-0.3, -0.25) is 4.79 Å². The van der Waals surface area contributed by atoms with Crippen molar-refractivity contribution in [3.8, 4) is 0 Å². The van der Waals surface area contributed by atoms with E-state index in [1.165, 1.54) is 0 Å². The minimum atomic E-state index is -0.626. The lowest BCUT2D eigenvalue weighted by Crippen LogP contribution is -2.39. The molecule has 0 saturated heterocycles. The molecule has 0 saturated carbocycles. The van der Waals surface area contributed by atoms with Gasteiger partial charge in [-0.15, -0.1) is 0 Å². The van der Waals surface area contributed by atoms with Crippen molar-refractivity contribution >= 4 is 23.7 Å². The van der Waals surface area contributed by atoms with Gasteiger partial charge in [-0.2, -0.15) is 0 Å². The molecule has 27 heavy (non-hydrogen) atoms. The smallest absolute Gasteiger partial charge is 0.338 e. The lowest BCUT2D eigenvalue weighted by atomic mass is 10.1. The van der Waals surface area contributed by atoms with Crippen LogP contribution >= 0.6 is 0 Å². The topological polar surface area (TPSA) is 123 Å². The number of carbonyl (C=O) groups is 3. The number of benzene rings is 1. The number of aromatic nitrogens is 1. The average Bonchev–Trinajstić information content (AvgIpc) is 3.02. The standard InChI is InChI=1S/C18H22N4O5/c1-11(2)20-18(25)19-9-13-4-6-14(7-5-13)17(24)26-10-16(23)21-15-8-12(3)27-22-15/h4-8,11H,9-10H2,1-3H3,(H2,19,20,25)(H,21,22,23). The average molecular weight is 374 g/mol. The van der Waals surface area contributed by atoms with E-state index >= 15 is 0 Å². The number of ether oxygens (including phenoxy) is 1. The van der Waals surface area contributed by atoms with Crippen molar-refractivity contribution in [3.05, 3.63) is 47.2 Å². The van der Waals surface area contributed by atoms with Crippen molar-refractivity contribution in [2.75, 3.05) is 11.9 Å². The van der Waals surface area contributed by atoms with Crippen LogP contribution in [0, 0.1) is 6.92 Å². The van der Waals surface area contributed by atoms with Crippen LogP contribution in [-0.2, 0) is 16.1 Å². The molecule has 0 bridgehead atoms. The Morgan fingerprint density at radius 3 is 2.48 bits per heavy atom. The number of nitrogens with one attached hydrogen (secondary N) is 3. The number of esters is 1. The van der Waals surface area contributed by atoms with Crippen molar-refractivity contribution in [1.82, 2.24) is 15.8 Å². The molecule has 3 N–H and O–H groups in total. The van der Waals surface area contributed by atoms with Gasteiger partial charge in [0.15, 0.2) is 12.4 Å². The molecule has 0 fully saturated rings. The molecule has 0 spiro atoms. The zero-order chi connectivity index (χ0) is 19.8. The zero-order valence-electron chi connectivity index (χ0n) is 15.4. The third-order valence-electron chi connectivity index (χ3n) is 3.29. The number of hydrogen-bond acceptors (Lipinski definition) is 6. The van der Waals surface area contributed by atoms with E-state index in [-0.39, 0.29) is 17.9 Å². The number of carbonyl (C=O) groups excluding carboxylic acids is 3. The van der Waals surface area contributed by atoms with Crippen LogP contribution < -0.4 is 16.0 Å².